The van der Waals surface area contributed by atoms with E-state index in [0.717, 1.165) is 45.6 Å². The molecular weight excluding hydrogens is 400 g/mol. The lowest BCUT2D eigenvalue weighted by atomic mass is 9.97. The molecule has 1 aliphatic rings. The van der Waals surface area contributed by atoms with Crippen molar-refractivity contribution in [3.8, 4) is 16.9 Å². The third kappa shape index (κ3) is 3.73. The smallest absolute Gasteiger partial charge is 0.269 e. The summed E-state index contributed by atoms with van der Waals surface area (Å²) in [6, 6.07) is 16.6. The second-order valence-electron chi connectivity index (χ2n) is 8.61. The minimum absolute atomic E-state index is 0.103. The molecule has 162 valence electrons. The highest BCUT2D eigenvalue weighted by Crippen LogP contribution is 2.40. The molecule has 0 saturated carbocycles. The molecule has 3 heterocycles. The molecule has 0 bridgehead atoms. The fourth-order valence-electron chi connectivity index (χ4n) is 4.44. The van der Waals surface area contributed by atoms with Crippen molar-refractivity contribution in [2.45, 2.75) is 33.3 Å². The number of pyridine rings is 1. The van der Waals surface area contributed by atoms with E-state index in [1.54, 1.807) is 17.8 Å². The molecule has 6 nitrogen and oxygen atoms in total. The summed E-state index contributed by atoms with van der Waals surface area (Å²) in [5, 5.41) is 8.35. The molecule has 0 spiro atoms. The summed E-state index contributed by atoms with van der Waals surface area (Å²) < 4.78 is 7.95. The number of hydrogen-bond acceptors (Lipinski definition) is 4. The van der Waals surface area contributed by atoms with Gasteiger partial charge in [-0.05, 0) is 67.8 Å². The van der Waals surface area contributed by atoms with E-state index in [-0.39, 0.29) is 12.0 Å². The Hall–Kier alpha value is -3.67. The number of rotatable bonds is 4. The summed E-state index contributed by atoms with van der Waals surface area (Å²) in [5.41, 5.74) is 7.94. The normalized spacial score (nSPS) is 14.9. The molecule has 6 heteroatoms. The van der Waals surface area contributed by atoms with Crippen LogP contribution < -0.4 is 10.1 Å². The van der Waals surface area contributed by atoms with E-state index in [1.807, 2.05) is 19.9 Å². The number of amides is 1. The van der Waals surface area contributed by atoms with Crippen molar-refractivity contribution in [1.82, 2.24) is 20.1 Å². The van der Waals surface area contributed by atoms with E-state index < -0.39 is 0 Å². The zero-order valence-corrected chi connectivity index (χ0v) is 18.8. The Morgan fingerprint density at radius 1 is 1.09 bits per heavy atom. The van der Waals surface area contributed by atoms with Crippen LogP contribution in [0.1, 0.15) is 33.0 Å². The molecule has 2 aromatic carbocycles. The lowest BCUT2D eigenvalue weighted by molar-refractivity contribution is 0.0924. The van der Waals surface area contributed by atoms with Crippen molar-refractivity contribution in [2.24, 2.45) is 7.05 Å². The monoisotopic (exact) mass is 426 g/mol. The lowest BCUT2D eigenvalue weighted by Gasteiger charge is -2.14. The number of nitrogens with one attached hydrogen (secondary N) is 1. The standard InChI is InChI=1S/C26H26N4O2/c1-15-9-20-13-21(14-27-26(31)24-11-17(3)29-30(24)4)32-25(20)22(10-15)18-7-8-23-19(12-18)6-5-16(2)28-23/h5-12,21H,13-14H2,1-4H3,(H,27,31)/t21-/m1/s1. The number of benzene rings is 2. The maximum Gasteiger partial charge on any atom is 0.269 e. The van der Waals surface area contributed by atoms with Gasteiger partial charge in [0.05, 0.1) is 17.8 Å². The van der Waals surface area contributed by atoms with Gasteiger partial charge in [-0.25, -0.2) is 0 Å². The van der Waals surface area contributed by atoms with Crippen LogP contribution in [0, 0.1) is 20.8 Å². The van der Waals surface area contributed by atoms with Crippen molar-refractivity contribution in [3.63, 3.8) is 0 Å². The molecule has 2 aromatic heterocycles. The number of nitrogens with zero attached hydrogens (tertiary/aromatic N) is 3. The Balaban J connectivity index is 1.38. The molecule has 0 saturated heterocycles. The topological polar surface area (TPSA) is 69.0 Å². The van der Waals surface area contributed by atoms with Crippen LogP contribution in [0.5, 0.6) is 5.75 Å². The number of aryl methyl sites for hydroxylation is 4. The third-order valence-electron chi connectivity index (χ3n) is 5.91. The van der Waals surface area contributed by atoms with Crippen molar-refractivity contribution >= 4 is 16.8 Å². The molecule has 5 rings (SSSR count). The molecule has 0 aliphatic carbocycles. The van der Waals surface area contributed by atoms with Gasteiger partial charge in [0.25, 0.3) is 5.91 Å². The van der Waals surface area contributed by atoms with E-state index in [1.165, 1.54) is 11.1 Å². The van der Waals surface area contributed by atoms with Crippen LogP contribution in [-0.2, 0) is 13.5 Å². The summed E-state index contributed by atoms with van der Waals surface area (Å²) in [7, 11) is 1.78. The first-order chi connectivity index (χ1) is 15.4. The first kappa shape index (κ1) is 20.2. The number of fused-ring (bicyclic) bond motifs is 2. The molecule has 1 atom stereocenters. The highest BCUT2D eigenvalue weighted by molar-refractivity contribution is 5.92. The van der Waals surface area contributed by atoms with Crippen LogP contribution in [0.3, 0.4) is 0 Å². The lowest BCUT2D eigenvalue weighted by Crippen LogP contribution is -2.35. The van der Waals surface area contributed by atoms with Gasteiger partial charge in [0, 0.05) is 30.1 Å². The zero-order valence-electron chi connectivity index (χ0n) is 18.8. The molecule has 1 amide bonds. The Labute approximate surface area is 187 Å². The Morgan fingerprint density at radius 2 is 1.94 bits per heavy atom. The maximum absolute atomic E-state index is 12.6. The summed E-state index contributed by atoms with van der Waals surface area (Å²) >= 11 is 0. The van der Waals surface area contributed by atoms with Crippen molar-refractivity contribution in [1.29, 1.82) is 0 Å². The summed E-state index contributed by atoms with van der Waals surface area (Å²) in [4.78, 5) is 17.2. The molecule has 0 unspecified atom stereocenters. The minimum Gasteiger partial charge on any atom is -0.487 e. The Bertz CT molecular complexity index is 1360. The second-order valence-corrected chi connectivity index (χ2v) is 8.61. The third-order valence-corrected chi connectivity index (χ3v) is 5.91. The van der Waals surface area contributed by atoms with Crippen LogP contribution in [0.2, 0.25) is 0 Å². The van der Waals surface area contributed by atoms with Crippen molar-refractivity contribution in [3.05, 3.63) is 76.7 Å². The van der Waals surface area contributed by atoms with Crippen LogP contribution in [-0.4, -0.2) is 33.3 Å². The highest BCUT2D eigenvalue weighted by atomic mass is 16.5. The predicted molar refractivity (Wildman–Crippen MR) is 125 cm³/mol. The average molecular weight is 427 g/mol. The minimum atomic E-state index is -0.138. The molecule has 4 aromatic rings. The fraction of sp³-hybridized carbons (Fsp3) is 0.269. The number of carbonyl (C=O) groups is 1. The van der Waals surface area contributed by atoms with Gasteiger partial charge < -0.3 is 10.1 Å². The quantitative estimate of drug-likeness (QED) is 0.528. The number of hydrogen-bond donors (Lipinski definition) is 1. The first-order valence-electron chi connectivity index (χ1n) is 10.8. The van der Waals surface area contributed by atoms with Gasteiger partial charge in [-0.3, -0.25) is 14.5 Å². The number of ether oxygens (including phenoxy) is 1. The predicted octanol–water partition coefficient (Wildman–Crippen LogP) is 4.29. The largest absolute Gasteiger partial charge is 0.487 e. The Morgan fingerprint density at radius 3 is 2.72 bits per heavy atom. The van der Waals surface area contributed by atoms with E-state index >= 15 is 0 Å². The second kappa shape index (κ2) is 7.79. The van der Waals surface area contributed by atoms with E-state index in [0.29, 0.717) is 12.2 Å². The van der Waals surface area contributed by atoms with Crippen LogP contribution in [0.4, 0.5) is 0 Å². The van der Waals surface area contributed by atoms with Crippen molar-refractivity contribution < 1.29 is 9.53 Å². The number of carbonyl (C=O) groups excluding carboxylic acids is 1. The van der Waals surface area contributed by atoms with Gasteiger partial charge >= 0.3 is 0 Å². The van der Waals surface area contributed by atoms with Gasteiger partial charge in [-0.2, -0.15) is 5.10 Å². The maximum atomic E-state index is 12.6. The number of aromatic nitrogens is 3. The molecule has 1 N–H and O–H groups in total. The van der Waals surface area contributed by atoms with Gasteiger partial charge in [-0.15, -0.1) is 0 Å². The van der Waals surface area contributed by atoms with Gasteiger partial charge in [-0.1, -0.05) is 18.2 Å². The van der Waals surface area contributed by atoms with Crippen molar-refractivity contribution in [2.75, 3.05) is 6.54 Å². The van der Waals surface area contributed by atoms with E-state index in [2.05, 4.69) is 58.7 Å². The summed E-state index contributed by atoms with van der Waals surface area (Å²) in [6.07, 6.45) is 0.664. The molecule has 32 heavy (non-hydrogen) atoms. The van der Waals surface area contributed by atoms with E-state index in [9.17, 15) is 4.79 Å². The van der Waals surface area contributed by atoms with Gasteiger partial charge in [0.15, 0.2) is 0 Å². The Kier molecular flexibility index (Phi) is 4.93. The molecule has 1 aliphatic heterocycles. The first-order valence-corrected chi connectivity index (χ1v) is 10.8. The molecular formula is C26H26N4O2. The van der Waals surface area contributed by atoms with Crippen LogP contribution in [0.15, 0.2) is 48.5 Å². The summed E-state index contributed by atoms with van der Waals surface area (Å²) in [5.74, 6) is 0.770. The zero-order chi connectivity index (χ0) is 22.4. The van der Waals surface area contributed by atoms with Crippen LogP contribution in [0.25, 0.3) is 22.0 Å². The molecule has 0 radical (unpaired) electrons. The van der Waals surface area contributed by atoms with Gasteiger partial charge in [0.2, 0.25) is 0 Å². The molecule has 0 fully saturated rings. The average Bonchev–Trinajstić information content (AvgIpc) is 3.32. The SMILES string of the molecule is Cc1cc2c(c(-c3ccc4nc(C)ccc4c3)c1)O[C@@H](CNC(=O)c1cc(C)nn1C)C2. The van der Waals surface area contributed by atoms with Gasteiger partial charge in [0.1, 0.15) is 17.5 Å². The van der Waals surface area contributed by atoms with E-state index in [4.69, 9.17) is 4.74 Å². The van der Waals surface area contributed by atoms with Crippen LogP contribution >= 0.6 is 0 Å². The summed E-state index contributed by atoms with van der Waals surface area (Å²) in [6.45, 7) is 6.43. The fourth-order valence-corrected chi connectivity index (χ4v) is 4.44. The highest BCUT2D eigenvalue weighted by Gasteiger charge is 2.27.